The number of hydrogen-bond acceptors (Lipinski definition) is 2. The number of hydrogen-bond donors (Lipinski definition) is 0. The molecular formula is C9H6F2O2. The van der Waals surface area contributed by atoms with E-state index in [1.165, 1.54) is 0 Å². The molecule has 1 aromatic carbocycles. The van der Waals surface area contributed by atoms with Gasteiger partial charge in [-0.25, -0.2) is 8.78 Å². The molecule has 0 amide bonds. The van der Waals surface area contributed by atoms with Crippen LogP contribution in [-0.2, 0) is 4.79 Å². The van der Waals surface area contributed by atoms with Crippen LogP contribution in [0.2, 0.25) is 0 Å². The van der Waals surface area contributed by atoms with Crippen molar-refractivity contribution < 1.29 is 18.4 Å². The molecule has 1 rings (SSSR count). The van der Waals surface area contributed by atoms with E-state index in [1.807, 2.05) is 0 Å². The first-order valence-corrected chi connectivity index (χ1v) is 3.56. The maximum atomic E-state index is 12.5. The Balaban J connectivity index is 3.00. The van der Waals surface area contributed by atoms with Crippen LogP contribution in [0.5, 0.6) is 0 Å². The van der Waals surface area contributed by atoms with Gasteiger partial charge in [0.1, 0.15) is 17.9 Å². The number of halogens is 2. The molecule has 0 aliphatic carbocycles. The van der Waals surface area contributed by atoms with E-state index in [1.54, 1.807) is 0 Å². The number of aldehydes is 1. The zero-order valence-corrected chi connectivity index (χ0v) is 6.59. The third kappa shape index (κ3) is 2.43. The summed E-state index contributed by atoms with van der Waals surface area (Å²) in [4.78, 5) is 20.9. The van der Waals surface area contributed by atoms with Crippen molar-refractivity contribution in [3.63, 3.8) is 0 Å². The van der Waals surface area contributed by atoms with Gasteiger partial charge in [0, 0.05) is 11.6 Å². The number of benzene rings is 1. The number of Topliss-reactive ketones (excluding diaryl/α,β-unsaturated/α-hetero) is 1. The molecule has 0 atom stereocenters. The predicted octanol–water partition coefficient (Wildman–Crippen LogP) is 1.74. The molecule has 0 bridgehead atoms. The molecule has 13 heavy (non-hydrogen) atoms. The van der Waals surface area contributed by atoms with Crippen molar-refractivity contribution in [3.8, 4) is 0 Å². The monoisotopic (exact) mass is 184 g/mol. The fraction of sp³-hybridized carbons (Fsp3) is 0.111. The topological polar surface area (TPSA) is 34.1 Å². The Morgan fingerprint density at radius 3 is 2.23 bits per heavy atom. The Morgan fingerprint density at radius 2 is 1.77 bits per heavy atom. The lowest BCUT2D eigenvalue weighted by Gasteiger charge is -1.97. The van der Waals surface area contributed by atoms with Gasteiger partial charge in [-0.05, 0) is 12.1 Å². The van der Waals surface area contributed by atoms with Gasteiger partial charge < -0.3 is 4.79 Å². The molecular weight excluding hydrogens is 178 g/mol. The highest BCUT2D eigenvalue weighted by molar-refractivity contribution is 6.02. The van der Waals surface area contributed by atoms with E-state index in [2.05, 4.69) is 0 Å². The first-order valence-electron chi connectivity index (χ1n) is 3.56. The van der Waals surface area contributed by atoms with Crippen molar-refractivity contribution in [2.45, 2.75) is 6.42 Å². The summed E-state index contributed by atoms with van der Waals surface area (Å²) < 4.78 is 25.1. The molecule has 0 aliphatic rings. The second-order valence-corrected chi connectivity index (χ2v) is 2.45. The third-order valence-electron chi connectivity index (χ3n) is 1.45. The zero-order chi connectivity index (χ0) is 9.84. The van der Waals surface area contributed by atoms with Crippen molar-refractivity contribution in [3.05, 3.63) is 35.4 Å². The highest BCUT2D eigenvalue weighted by atomic mass is 19.1. The highest BCUT2D eigenvalue weighted by Gasteiger charge is 2.07. The van der Waals surface area contributed by atoms with Crippen molar-refractivity contribution in [1.29, 1.82) is 0 Å². The maximum Gasteiger partial charge on any atom is 0.170 e. The van der Waals surface area contributed by atoms with E-state index < -0.39 is 17.4 Å². The van der Waals surface area contributed by atoms with Crippen molar-refractivity contribution in [2.75, 3.05) is 0 Å². The summed E-state index contributed by atoms with van der Waals surface area (Å²) in [7, 11) is 0. The number of ketones is 1. The highest BCUT2D eigenvalue weighted by Crippen LogP contribution is 2.09. The normalized spacial score (nSPS) is 9.69. The van der Waals surface area contributed by atoms with Gasteiger partial charge in [-0.2, -0.15) is 0 Å². The standard InChI is InChI=1S/C9H6F2O2/c10-7-3-6(4-8(11)5-7)9(13)1-2-12/h2-5H,1H2. The summed E-state index contributed by atoms with van der Waals surface area (Å²) >= 11 is 0. The maximum absolute atomic E-state index is 12.5. The minimum atomic E-state index is -0.825. The van der Waals surface area contributed by atoms with Gasteiger partial charge in [0.15, 0.2) is 5.78 Å². The second kappa shape index (κ2) is 3.89. The van der Waals surface area contributed by atoms with Gasteiger partial charge in [-0.15, -0.1) is 0 Å². The van der Waals surface area contributed by atoms with E-state index in [0.717, 1.165) is 12.1 Å². The lowest BCUT2D eigenvalue weighted by molar-refractivity contribution is -0.107. The fourth-order valence-corrected chi connectivity index (χ4v) is 0.908. The van der Waals surface area contributed by atoms with Crippen molar-refractivity contribution in [1.82, 2.24) is 0 Å². The van der Waals surface area contributed by atoms with Gasteiger partial charge in [0.05, 0.1) is 6.42 Å². The summed E-state index contributed by atoms with van der Waals surface area (Å²) in [6.07, 6.45) is 0.0358. The Hall–Kier alpha value is -1.58. The largest absolute Gasteiger partial charge is 0.303 e. The van der Waals surface area contributed by atoms with Crippen molar-refractivity contribution >= 4 is 12.1 Å². The van der Waals surface area contributed by atoms with Crippen LogP contribution in [-0.4, -0.2) is 12.1 Å². The Kier molecular flexibility index (Phi) is 2.84. The Morgan fingerprint density at radius 1 is 1.23 bits per heavy atom. The minimum absolute atomic E-state index is 0.121. The first kappa shape index (κ1) is 9.51. The number of rotatable bonds is 3. The minimum Gasteiger partial charge on any atom is -0.303 e. The summed E-state index contributed by atoms with van der Waals surface area (Å²) in [6.45, 7) is 0. The Bertz CT molecular complexity index is 327. The smallest absolute Gasteiger partial charge is 0.170 e. The van der Waals surface area contributed by atoms with E-state index in [-0.39, 0.29) is 12.0 Å². The van der Waals surface area contributed by atoms with E-state index in [9.17, 15) is 18.4 Å². The number of carbonyl (C=O) groups excluding carboxylic acids is 2. The van der Waals surface area contributed by atoms with E-state index in [4.69, 9.17) is 0 Å². The summed E-state index contributed by atoms with van der Waals surface area (Å²) in [5.41, 5.74) is -0.121. The molecule has 0 saturated heterocycles. The van der Waals surface area contributed by atoms with Gasteiger partial charge in [0.25, 0.3) is 0 Å². The zero-order valence-electron chi connectivity index (χ0n) is 6.59. The van der Waals surface area contributed by atoms with Crippen LogP contribution in [0.3, 0.4) is 0 Å². The average Bonchev–Trinajstić information content (AvgIpc) is 2.03. The quantitative estimate of drug-likeness (QED) is 0.407. The molecule has 0 saturated carbocycles. The van der Waals surface area contributed by atoms with Crippen molar-refractivity contribution in [2.24, 2.45) is 0 Å². The van der Waals surface area contributed by atoms with E-state index >= 15 is 0 Å². The SMILES string of the molecule is O=CCC(=O)c1cc(F)cc(F)c1. The summed E-state index contributed by atoms with van der Waals surface area (Å²) in [5.74, 6) is -2.24. The molecule has 1 aromatic rings. The molecule has 0 unspecified atom stereocenters. The van der Waals surface area contributed by atoms with Crippen LogP contribution in [0, 0.1) is 11.6 Å². The molecule has 0 spiro atoms. The first-order chi connectivity index (χ1) is 6.13. The molecule has 4 heteroatoms. The van der Waals surface area contributed by atoms with Gasteiger partial charge in [0.2, 0.25) is 0 Å². The Labute approximate surface area is 73.2 Å². The fourth-order valence-electron chi connectivity index (χ4n) is 0.908. The second-order valence-electron chi connectivity index (χ2n) is 2.45. The van der Waals surface area contributed by atoms with E-state index in [0.29, 0.717) is 12.4 Å². The lowest BCUT2D eigenvalue weighted by Crippen LogP contribution is -2.00. The van der Waals surface area contributed by atoms with Gasteiger partial charge >= 0.3 is 0 Å². The molecule has 68 valence electrons. The van der Waals surface area contributed by atoms with Crippen LogP contribution < -0.4 is 0 Å². The van der Waals surface area contributed by atoms with Gasteiger partial charge in [-0.3, -0.25) is 4.79 Å². The van der Waals surface area contributed by atoms with Crippen LogP contribution in [0.25, 0.3) is 0 Å². The molecule has 2 nitrogen and oxygen atoms in total. The predicted molar refractivity (Wildman–Crippen MR) is 41.4 cm³/mol. The molecule has 0 heterocycles. The molecule has 0 N–H and O–H groups in total. The average molecular weight is 184 g/mol. The van der Waals surface area contributed by atoms with Crippen LogP contribution >= 0.6 is 0 Å². The third-order valence-corrected chi connectivity index (χ3v) is 1.45. The van der Waals surface area contributed by atoms with Crippen LogP contribution in [0.4, 0.5) is 8.78 Å². The number of carbonyl (C=O) groups is 2. The molecule has 0 fully saturated rings. The van der Waals surface area contributed by atoms with Crippen LogP contribution in [0.1, 0.15) is 16.8 Å². The summed E-state index contributed by atoms with van der Waals surface area (Å²) in [6, 6.07) is 2.46. The lowest BCUT2D eigenvalue weighted by atomic mass is 10.1. The molecule has 0 radical (unpaired) electrons. The molecule has 0 aliphatic heterocycles. The van der Waals surface area contributed by atoms with Crippen LogP contribution in [0.15, 0.2) is 18.2 Å². The molecule has 0 aromatic heterocycles. The van der Waals surface area contributed by atoms with Gasteiger partial charge in [-0.1, -0.05) is 0 Å². The summed E-state index contributed by atoms with van der Waals surface area (Å²) in [5, 5.41) is 0.